The third-order valence-electron chi connectivity index (χ3n) is 1.34. The summed E-state index contributed by atoms with van der Waals surface area (Å²) in [4.78, 5) is 0. The van der Waals surface area contributed by atoms with Gasteiger partial charge in [-0.25, -0.2) is 4.39 Å². The molecule has 0 aliphatic heterocycles. The number of hydrogen-bond acceptors (Lipinski definition) is 2. The van der Waals surface area contributed by atoms with Crippen LogP contribution in [0.25, 0.3) is 0 Å². The Morgan fingerprint density at radius 1 is 1.27 bits per heavy atom. The van der Waals surface area contributed by atoms with Gasteiger partial charge in [-0.1, -0.05) is 0 Å². The van der Waals surface area contributed by atoms with E-state index in [0.29, 0.717) is 12.0 Å². The monoisotopic (exact) mass is 156 g/mol. The van der Waals surface area contributed by atoms with E-state index in [0.717, 1.165) is 6.07 Å². The van der Waals surface area contributed by atoms with Crippen molar-refractivity contribution in [3.8, 4) is 5.75 Å². The Morgan fingerprint density at radius 3 is 2.55 bits per heavy atom. The molecule has 11 heavy (non-hydrogen) atoms. The number of aliphatic hydroxyl groups is 1. The highest BCUT2D eigenvalue weighted by Crippen LogP contribution is 2.14. The fraction of sp³-hybridized carbons (Fsp3) is 0.250. The normalized spacial score (nSPS) is 10.0. The van der Waals surface area contributed by atoms with Gasteiger partial charge in [0.05, 0.1) is 0 Å². The molecule has 0 unspecified atom stereocenters. The van der Waals surface area contributed by atoms with E-state index in [1.807, 2.05) is 0 Å². The minimum absolute atomic E-state index is 0.0388. The molecule has 0 saturated heterocycles. The van der Waals surface area contributed by atoms with Crippen LogP contribution in [-0.4, -0.2) is 16.8 Å². The van der Waals surface area contributed by atoms with Gasteiger partial charge in [0.25, 0.3) is 0 Å². The lowest BCUT2D eigenvalue weighted by atomic mass is 10.1. The van der Waals surface area contributed by atoms with Crippen molar-refractivity contribution >= 4 is 0 Å². The van der Waals surface area contributed by atoms with Crippen LogP contribution >= 0.6 is 0 Å². The van der Waals surface area contributed by atoms with Crippen LogP contribution in [0.5, 0.6) is 5.75 Å². The lowest BCUT2D eigenvalue weighted by Crippen LogP contribution is -1.90. The van der Waals surface area contributed by atoms with E-state index < -0.39 is 5.82 Å². The van der Waals surface area contributed by atoms with Crippen LogP contribution in [-0.2, 0) is 6.42 Å². The van der Waals surface area contributed by atoms with Crippen LogP contribution in [0.1, 0.15) is 5.56 Å². The fourth-order valence-corrected chi connectivity index (χ4v) is 0.907. The van der Waals surface area contributed by atoms with Crippen LogP contribution in [0.15, 0.2) is 18.2 Å². The van der Waals surface area contributed by atoms with E-state index >= 15 is 0 Å². The zero-order valence-electron chi connectivity index (χ0n) is 5.92. The molecule has 60 valence electrons. The Kier molecular flexibility index (Phi) is 2.44. The molecule has 1 rings (SSSR count). The highest BCUT2D eigenvalue weighted by molar-refractivity contribution is 5.28. The van der Waals surface area contributed by atoms with E-state index in [1.165, 1.54) is 12.1 Å². The molecule has 2 N–H and O–H groups in total. The molecule has 0 bridgehead atoms. The number of hydrogen-bond donors (Lipinski definition) is 2. The molecule has 0 heterocycles. The zero-order valence-corrected chi connectivity index (χ0v) is 5.92. The van der Waals surface area contributed by atoms with Gasteiger partial charge >= 0.3 is 0 Å². The number of aliphatic hydroxyl groups excluding tert-OH is 1. The summed E-state index contributed by atoms with van der Waals surface area (Å²) in [5.74, 6) is -0.582. The molecule has 0 aliphatic rings. The number of aromatic hydroxyl groups is 1. The van der Waals surface area contributed by atoms with Crippen molar-refractivity contribution in [3.05, 3.63) is 29.6 Å². The maximum Gasteiger partial charge on any atom is 0.127 e. The fourth-order valence-electron chi connectivity index (χ4n) is 0.907. The molecular formula is C8H9FO2. The summed E-state index contributed by atoms with van der Waals surface area (Å²) in [6.45, 7) is -0.0388. The maximum absolute atomic E-state index is 12.5. The summed E-state index contributed by atoms with van der Waals surface area (Å²) >= 11 is 0. The molecule has 2 nitrogen and oxygen atoms in total. The molecule has 3 heteroatoms. The molecule has 0 atom stereocenters. The summed E-state index contributed by atoms with van der Waals surface area (Å²) in [5, 5.41) is 17.4. The average Bonchev–Trinajstić information content (AvgIpc) is 1.85. The van der Waals surface area contributed by atoms with Gasteiger partial charge in [0, 0.05) is 12.7 Å². The average molecular weight is 156 g/mol. The van der Waals surface area contributed by atoms with Crippen molar-refractivity contribution in [2.45, 2.75) is 6.42 Å². The van der Waals surface area contributed by atoms with E-state index in [-0.39, 0.29) is 12.4 Å². The Hall–Kier alpha value is -1.09. The van der Waals surface area contributed by atoms with Crippen LogP contribution in [0, 0.1) is 5.82 Å². The molecule has 0 fully saturated rings. The lowest BCUT2D eigenvalue weighted by molar-refractivity contribution is 0.299. The molecular weight excluding hydrogens is 147 g/mol. The van der Waals surface area contributed by atoms with Crippen molar-refractivity contribution in [2.75, 3.05) is 6.61 Å². The second-order valence-electron chi connectivity index (χ2n) is 2.29. The summed E-state index contributed by atoms with van der Waals surface area (Å²) in [7, 11) is 0. The third-order valence-corrected chi connectivity index (χ3v) is 1.34. The molecule has 0 saturated carbocycles. The van der Waals surface area contributed by atoms with Gasteiger partial charge in [-0.05, 0) is 24.1 Å². The molecule has 0 spiro atoms. The van der Waals surface area contributed by atoms with Gasteiger partial charge < -0.3 is 10.2 Å². The van der Waals surface area contributed by atoms with Gasteiger partial charge in [-0.15, -0.1) is 0 Å². The van der Waals surface area contributed by atoms with E-state index in [4.69, 9.17) is 10.2 Å². The molecule has 0 aromatic heterocycles. The standard InChI is InChI=1S/C8H9FO2/c9-7-3-6(1-2-10)4-8(11)5-7/h3-5,10-11H,1-2H2. The van der Waals surface area contributed by atoms with Crippen LogP contribution in [0.2, 0.25) is 0 Å². The quantitative estimate of drug-likeness (QED) is 0.672. The molecule has 1 aromatic rings. The topological polar surface area (TPSA) is 40.5 Å². The van der Waals surface area contributed by atoms with Gasteiger partial charge in [0.1, 0.15) is 11.6 Å². The summed E-state index contributed by atoms with van der Waals surface area (Å²) in [6.07, 6.45) is 0.366. The van der Waals surface area contributed by atoms with Gasteiger partial charge in [-0.3, -0.25) is 0 Å². The first-order chi connectivity index (χ1) is 5.22. The summed E-state index contributed by atoms with van der Waals surface area (Å²) in [6, 6.07) is 3.75. The lowest BCUT2D eigenvalue weighted by Gasteiger charge is -1.98. The Balaban J connectivity index is 2.89. The van der Waals surface area contributed by atoms with E-state index in [2.05, 4.69) is 0 Å². The van der Waals surface area contributed by atoms with Crippen LogP contribution < -0.4 is 0 Å². The molecule has 0 amide bonds. The van der Waals surface area contributed by atoms with Gasteiger partial charge in [-0.2, -0.15) is 0 Å². The first kappa shape index (κ1) is 8.01. The number of rotatable bonds is 2. The summed E-state index contributed by atoms with van der Waals surface area (Å²) < 4.78 is 12.5. The largest absolute Gasteiger partial charge is 0.508 e. The number of halogens is 1. The highest BCUT2D eigenvalue weighted by Gasteiger charge is 1.97. The first-order valence-electron chi connectivity index (χ1n) is 3.31. The smallest absolute Gasteiger partial charge is 0.127 e. The minimum atomic E-state index is -0.478. The van der Waals surface area contributed by atoms with Crippen LogP contribution in [0.3, 0.4) is 0 Å². The highest BCUT2D eigenvalue weighted by atomic mass is 19.1. The van der Waals surface area contributed by atoms with E-state index in [1.54, 1.807) is 0 Å². The molecule has 0 aliphatic carbocycles. The number of phenolic OH excluding ortho intramolecular Hbond substituents is 1. The first-order valence-corrected chi connectivity index (χ1v) is 3.31. The molecule has 0 radical (unpaired) electrons. The Morgan fingerprint density at radius 2 is 2.00 bits per heavy atom. The zero-order chi connectivity index (χ0) is 8.27. The Bertz CT molecular complexity index is 228. The van der Waals surface area contributed by atoms with Gasteiger partial charge in [0.2, 0.25) is 0 Å². The number of benzene rings is 1. The van der Waals surface area contributed by atoms with Crippen molar-refractivity contribution in [1.82, 2.24) is 0 Å². The Labute approximate surface area is 63.9 Å². The molecule has 1 aromatic carbocycles. The summed E-state index contributed by atoms with van der Waals surface area (Å²) in [5.41, 5.74) is 0.602. The number of phenols is 1. The predicted octanol–water partition coefficient (Wildman–Crippen LogP) is 1.07. The van der Waals surface area contributed by atoms with Gasteiger partial charge in [0.15, 0.2) is 0 Å². The van der Waals surface area contributed by atoms with Crippen molar-refractivity contribution in [3.63, 3.8) is 0 Å². The van der Waals surface area contributed by atoms with E-state index in [9.17, 15) is 4.39 Å². The SMILES string of the molecule is OCCc1cc(O)cc(F)c1. The van der Waals surface area contributed by atoms with Crippen molar-refractivity contribution < 1.29 is 14.6 Å². The predicted molar refractivity (Wildman–Crippen MR) is 38.9 cm³/mol. The second-order valence-corrected chi connectivity index (χ2v) is 2.29. The van der Waals surface area contributed by atoms with Crippen molar-refractivity contribution in [1.29, 1.82) is 0 Å². The minimum Gasteiger partial charge on any atom is -0.508 e. The second kappa shape index (κ2) is 3.34. The van der Waals surface area contributed by atoms with Crippen molar-refractivity contribution in [2.24, 2.45) is 0 Å². The van der Waals surface area contributed by atoms with Crippen LogP contribution in [0.4, 0.5) is 4.39 Å². The third kappa shape index (κ3) is 2.20. The maximum atomic E-state index is 12.5.